The van der Waals surface area contributed by atoms with Crippen LogP contribution in [0.1, 0.15) is 49.4 Å². The molecular formula is C15H23N. The Bertz CT molecular complexity index is 356. The molecule has 2 unspecified atom stereocenters. The number of hydrogen-bond acceptors (Lipinski definition) is 1. The Kier molecular flexibility index (Phi) is 3.65. The molecule has 2 atom stereocenters. The molecule has 0 spiro atoms. The van der Waals surface area contributed by atoms with E-state index in [1.54, 1.807) is 11.1 Å². The number of hydrogen-bond donors (Lipinski definition) is 1. The number of nitrogens with one attached hydrogen (secondary N) is 1. The SMILES string of the molecule is CCC(C)CNC1CCc2ccc(C)cc21. The van der Waals surface area contributed by atoms with E-state index in [1.807, 2.05) is 0 Å². The lowest BCUT2D eigenvalue weighted by atomic mass is 10.0. The topological polar surface area (TPSA) is 12.0 Å². The maximum Gasteiger partial charge on any atom is 0.0326 e. The third kappa shape index (κ3) is 2.46. The fourth-order valence-corrected chi connectivity index (χ4v) is 2.42. The molecule has 1 heteroatoms. The van der Waals surface area contributed by atoms with Crippen molar-refractivity contribution >= 4 is 0 Å². The van der Waals surface area contributed by atoms with Crippen molar-refractivity contribution in [1.82, 2.24) is 5.32 Å². The van der Waals surface area contributed by atoms with Crippen molar-refractivity contribution in [3.63, 3.8) is 0 Å². The molecule has 0 heterocycles. The average Bonchev–Trinajstić information content (AvgIpc) is 2.68. The molecule has 0 aromatic heterocycles. The Hall–Kier alpha value is -0.820. The smallest absolute Gasteiger partial charge is 0.0326 e. The van der Waals surface area contributed by atoms with Crippen molar-refractivity contribution in [2.24, 2.45) is 5.92 Å². The molecule has 1 aliphatic carbocycles. The maximum atomic E-state index is 3.72. The van der Waals surface area contributed by atoms with E-state index in [9.17, 15) is 0 Å². The Labute approximate surface area is 99.3 Å². The van der Waals surface area contributed by atoms with Gasteiger partial charge in [0, 0.05) is 6.04 Å². The standard InChI is InChI=1S/C15H23N/c1-4-11(2)10-16-15-8-7-13-6-5-12(3)9-14(13)15/h5-6,9,11,15-16H,4,7-8,10H2,1-3H3. The molecule has 88 valence electrons. The molecular weight excluding hydrogens is 194 g/mol. The van der Waals surface area contributed by atoms with Crippen molar-refractivity contribution in [3.8, 4) is 0 Å². The van der Waals surface area contributed by atoms with Gasteiger partial charge < -0.3 is 5.32 Å². The van der Waals surface area contributed by atoms with Crippen LogP contribution in [0.2, 0.25) is 0 Å². The van der Waals surface area contributed by atoms with Crippen LogP contribution in [0.4, 0.5) is 0 Å². The van der Waals surface area contributed by atoms with Gasteiger partial charge in [-0.15, -0.1) is 0 Å². The van der Waals surface area contributed by atoms with E-state index >= 15 is 0 Å². The molecule has 0 radical (unpaired) electrons. The normalized spacial score (nSPS) is 20.8. The van der Waals surface area contributed by atoms with Gasteiger partial charge in [-0.2, -0.15) is 0 Å². The van der Waals surface area contributed by atoms with Gasteiger partial charge in [0.25, 0.3) is 0 Å². The third-order valence-electron chi connectivity index (χ3n) is 3.79. The molecule has 16 heavy (non-hydrogen) atoms. The molecule has 1 nitrogen and oxygen atoms in total. The minimum atomic E-state index is 0.601. The highest BCUT2D eigenvalue weighted by Crippen LogP contribution is 2.31. The molecule has 0 amide bonds. The second-order valence-electron chi connectivity index (χ2n) is 5.22. The van der Waals surface area contributed by atoms with Gasteiger partial charge in [-0.25, -0.2) is 0 Å². The summed E-state index contributed by atoms with van der Waals surface area (Å²) in [7, 11) is 0. The minimum Gasteiger partial charge on any atom is -0.310 e. The second-order valence-corrected chi connectivity index (χ2v) is 5.22. The minimum absolute atomic E-state index is 0.601. The largest absolute Gasteiger partial charge is 0.310 e. The highest BCUT2D eigenvalue weighted by Gasteiger charge is 2.21. The van der Waals surface area contributed by atoms with Crippen LogP contribution in [0.5, 0.6) is 0 Å². The Morgan fingerprint density at radius 2 is 2.25 bits per heavy atom. The number of benzene rings is 1. The van der Waals surface area contributed by atoms with Gasteiger partial charge in [-0.05, 0) is 43.4 Å². The molecule has 0 fully saturated rings. The van der Waals surface area contributed by atoms with Gasteiger partial charge in [0.1, 0.15) is 0 Å². The molecule has 0 saturated heterocycles. The summed E-state index contributed by atoms with van der Waals surface area (Å²) in [5.41, 5.74) is 4.48. The molecule has 0 bridgehead atoms. The zero-order valence-electron chi connectivity index (χ0n) is 10.7. The summed E-state index contributed by atoms with van der Waals surface area (Å²) < 4.78 is 0. The lowest BCUT2D eigenvalue weighted by molar-refractivity contribution is 0.443. The predicted octanol–water partition coefficient (Wildman–Crippen LogP) is 3.62. The molecule has 1 aromatic rings. The van der Waals surface area contributed by atoms with Crippen molar-refractivity contribution in [3.05, 3.63) is 34.9 Å². The maximum absolute atomic E-state index is 3.72. The Morgan fingerprint density at radius 1 is 1.44 bits per heavy atom. The summed E-state index contributed by atoms with van der Waals surface area (Å²) in [6.07, 6.45) is 3.78. The van der Waals surface area contributed by atoms with Crippen LogP contribution in [-0.4, -0.2) is 6.54 Å². The van der Waals surface area contributed by atoms with Crippen LogP contribution in [-0.2, 0) is 6.42 Å². The van der Waals surface area contributed by atoms with Gasteiger partial charge in [-0.3, -0.25) is 0 Å². The third-order valence-corrected chi connectivity index (χ3v) is 3.79. The van der Waals surface area contributed by atoms with E-state index in [1.165, 1.54) is 24.8 Å². The highest BCUT2D eigenvalue weighted by atomic mass is 14.9. The summed E-state index contributed by atoms with van der Waals surface area (Å²) in [6, 6.07) is 7.49. The average molecular weight is 217 g/mol. The molecule has 1 N–H and O–H groups in total. The zero-order valence-corrected chi connectivity index (χ0v) is 10.7. The fraction of sp³-hybridized carbons (Fsp3) is 0.600. The van der Waals surface area contributed by atoms with Crippen LogP contribution in [0.3, 0.4) is 0 Å². The molecule has 1 aliphatic rings. The number of fused-ring (bicyclic) bond motifs is 1. The van der Waals surface area contributed by atoms with E-state index in [2.05, 4.69) is 44.3 Å². The van der Waals surface area contributed by atoms with Crippen LogP contribution >= 0.6 is 0 Å². The summed E-state index contributed by atoms with van der Waals surface area (Å²) in [6.45, 7) is 7.91. The number of rotatable bonds is 4. The Morgan fingerprint density at radius 3 is 3.00 bits per heavy atom. The van der Waals surface area contributed by atoms with Gasteiger partial charge in [-0.1, -0.05) is 44.0 Å². The lowest BCUT2D eigenvalue weighted by Crippen LogP contribution is -2.24. The first-order chi connectivity index (χ1) is 7.70. The van der Waals surface area contributed by atoms with E-state index in [4.69, 9.17) is 0 Å². The van der Waals surface area contributed by atoms with Gasteiger partial charge in [0.2, 0.25) is 0 Å². The predicted molar refractivity (Wildman–Crippen MR) is 69.7 cm³/mol. The fourth-order valence-electron chi connectivity index (χ4n) is 2.42. The number of aryl methyl sites for hydroxylation is 2. The summed E-state index contributed by atoms with van der Waals surface area (Å²) in [4.78, 5) is 0. The van der Waals surface area contributed by atoms with Crippen molar-refractivity contribution in [1.29, 1.82) is 0 Å². The van der Waals surface area contributed by atoms with Crippen LogP contribution in [0.25, 0.3) is 0 Å². The Balaban J connectivity index is 2.02. The first kappa shape index (κ1) is 11.7. The molecule has 0 aliphatic heterocycles. The quantitative estimate of drug-likeness (QED) is 0.812. The van der Waals surface area contributed by atoms with Gasteiger partial charge in [0.05, 0.1) is 0 Å². The van der Waals surface area contributed by atoms with E-state index < -0.39 is 0 Å². The van der Waals surface area contributed by atoms with Crippen LogP contribution < -0.4 is 5.32 Å². The van der Waals surface area contributed by atoms with E-state index in [-0.39, 0.29) is 0 Å². The van der Waals surface area contributed by atoms with E-state index in [0.717, 1.165) is 12.5 Å². The van der Waals surface area contributed by atoms with Gasteiger partial charge >= 0.3 is 0 Å². The van der Waals surface area contributed by atoms with Crippen molar-refractivity contribution < 1.29 is 0 Å². The van der Waals surface area contributed by atoms with Crippen molar-refractivity contribution in [2.45, 2.75) is 46.1 Å². The highest BCUT2D eigenvalue weighted by molar-refractivity contribution is 5.37. The zero-order chi connectivity index (χ0) is 11.5. The first-order valence-corrected chi connectivity index (χ1v) is 6.53. The van der Waals surface area contributed by atoms with Crippen molar-refractivity contribution in [2.75, 3.05) is 6.54 Å². The second kappa shape index (κ2) is 5.01. The summed E-state index contributed by atoms with van der Waals surface area (Å²) in [5.74, 6) is 0.786. The first-order valence-electron chi connectivity index (χ1n) is 6.53. The summed E-state index contributed by atoms with van der Waals surface area (Å²) in [5, 5.41) is 3.72. The molecule has 1 aromatic carbocycles. The lowest BCUT2D eigenvalue weighted by Gasteiger charge is -2.17. The van der Waals surface area contributed by atoms with Gasteiger partial charge in [0.15, 0.2) is 0 Å². The van der Waals surface area contributed by atoms with Crippen LogP contribution in [0, 0.1) is 12.8 Å². The van der Waals surface area contributed by atoms with E-state index in [0.29, 0.717) is 6.04 Å². The summed E-state index contributed by atoms with van der Waals surface area (Å²) >= 11 is 0. The molecule has 2 rings (SSSR count). The molecule has 0 saturated carbocycles. The van der Waals surface area contributed by atoms with Crippen LogP contribution in [0.15, 0.2) is 18.2 Å². The monoisotopic (exact) mass is 217 g/mol.